The zero-order valence-corrected chi connectivity index (χ0v) is 17.4. The van der Waals surface area contributed by atoms with Crippen LogP contribution in [0.4, 0.5) is 0 Å². The normalized spacial score (nSPS) is 16.0. The van der Waals surface area contributed by atoms with Crippen molar-refractivity contribution in [2.75, 3.05) is 13.1 Å². The van der Waals surface area contributed by atoms with Crippen molar-refractivity contribution in [1.82, 2.24) is 19.3 Å². The molecule has 0 radical (unpaired) electrons. The summed E-state index contributed by atoms with van der Waals surface area (Å²) in [7, 11) is -3.45. The Kier molecular flexibility index (Phi) is 5.45. The fourth-order valence-electron chi connectivity index (χ4n) is 3.07. The predicted molar refractivity (Wildman–Crippen MR) is 108 cm³/mol. The number of rotatable bonds is 5. The molecule has 1 aliphatic heterocycles. The number of hydrogen-bond acceptors (Lipinski definition) is 7. The Bertz CT molecular complexity index is 1040. The fraction of sp³-hybridized carbons (Fsp3) is 0.389. The van der Waals surface area contributed by atoms with E-state index in [2.05, 4.69) is 27.9 Å². The maximum atomic E-state index is 12.7. The molecular weight excluding hydrogens is 400 g/mol. The number of aromatic nitrogens is 3. The van der Waals surface area contributed by atoms with Crippen LogP contribution >= 0.6 is 23.1 Å². The van der Waals surface area contributed by atoms with Crippen molar-refractivity contribution < 1.29 is 8.42 Å². The minimum absolute atomic E-state index is 0.255. The Hall–Kier alpha value is -1.55. The van der Waals surface area contributed by atoms with Crippen LogP contribution in [0.15, 0.2) is 45.7 Å². The van der Waals surface area contributed by atoms with Gasteiger partial charge in [0.1, 0.15) is 26.1 Å². The van der Waals surface area contributed by atoms with E-state index in [1.807, 2.05) is 0 Å². The van der Waals surface area contributed by atoms with Crippen molar-refractivity contribution in [3.05, 3.63) is 35.6 Å². The van der Waals surface area contributed by atoms with Crippen molar-refractivity contribution in [3.8, 4) is 0 Å². The maximum Gasteiger partial charge on any atom is 0.244 e. The van der Waals surface area contributed by atoms with Crippen LogP contribution in [0, 0.1) is 0 Å². The summed E-state index contributed by atoms with van der Waals surface area (Å²) in [4.78, 5) is 15.6. The molecule has 27 heavy (non-hydrogen) atoms. The van der Waals surface area contributed by atoms with E-state index in [0.29, 0.717) is 13.1 Å². The van der Waals surface area contributed by atoms with E-state index in [9.17, 15) is 8.42 Å². The summed E-state index contributed by atoms with van der Waals surface area (Å²) < 4.78 is 27.0. The fourth-order valence-corrected chi connectivity index (χ4v) is 6.34. The Morgan fingerprint density at radius 3 is 2.67 bits per heavy atom. The van der Waals surface area contributed by atoms with Crippen LogP contribution in [0.2, 0.25) is 0 Å². The SMILES string of the molecule is CCc1cc2c(Sc3ccc(S(=O)(=O)N4CCCCC4)cn3)ncnc2s1. The van der Waals surface area contributed by atoms with Gasteiger partial charge in [0, 0.05) is 29.5 Å². The van der Waals surface area contributed by atoms with Crippen molar-refractivity contribution in [2.24, 2.45) is 0 Å². The molecule has 0 aromatic carbocycles. The van der Waals surface area contributed by atoms with Gasteiger partial charge in [-0.2, -0.15) is 4.31 Å². The summed E-state index contributed by atoms with van der Waals surface area (Å²) in [6, 6.07) is 5.52. The number of fused-ring (bicyclic) bond motifs is 1. The zero-order chi connectivity index (χ0) is 18.9. The second kappa shape index (κ2) is 7.83. The third-order valence-electron chi connectivity index (χ3n) is 4.56. The van der Waals surface area contributed by atoms with E-state index in [1.165, 1.54) is 22.8 Å². The summed E-state index contributed by atoms with van der Waals surface area (Å²) in [6.45, 7) is 3.30. The third-order valence-corrected chi connectivity index (χ3v) is 8.59. The van der Waals surface area contributed by atoms with E-state index in [-0.39, 0.29) is 4.90 Å². The van der Waals surface area contributed by atoms with Crippen LogP contribution in [0.3, 0.4) is 0 Å². The van der Waals surface area contributed by atoms with Gasteiger partial charge in [-0.15, -0.1) is 11.3 Å². The van der Waals surface area contributed by atoms with Gasteiger partial charge < -0.3 is 0 Å². The lowest BCUT2D eigenvalue weighted by Crippen LogP contribution is -2.35. The van der Waals surface area contributed by atoms with Crippen molar-refractivity contribution in [3.63, 3.8) is 0 Å². The van der Waals surface area contributed by atoms with E-state index in [4.69, 9.17) is 0 Å². The average Bonchev–Trinajstić information content (AvgIpc) is 3.14. The second-order valence-corrected chi connectivity index (χ2v) is 10.4. The van der Waals surface area contributed by atoms with Crippen LogP contribution in [-0.2, 0) is 16.4 Å². The van der Waals surface area contributed by atoms with Gasteiger partial charge in [-0.3, -0.25) is 0 Å². The van der Waals surface area contributed by atoms with Gasteiger partial charge in [0.15, 0.2) is 0 Å². The number of pyridine rings is 1. The zero-order valence-electron chi connectivity index (χ0n) is 15.0. The molecular formula is C18H20N4O2S3. The van der Waals surface area contributed by atoms with E-state index in [1.54, 1.807) is 34.1 Å². The van der Waals surface area contributed by atoms with Crippen LogP contribution in [0.1, 0.15) is 31.1 Å². The van der Waals surface area contributed by atoms with Crippen LogP contribution < -0.4 is 0 Å². The molecule has 6 nitrogen and oxygen atoms in total. The molecule has 0 spiro atoms. The standard InChI is InChI=1S/C18H20N4O2S3/c1-2-13-10-15-17(25-13)20-12-21-18(15)26-16-7-6-14(11-19-16)27(23,24)22-8-4-3-5-9-22/h6-7,10-12H,2-5,8-9H2,1H3. The number of thiophene rings is 1. The number of aryl methyl sites for hydroxylation is 1. The molecule has 0 N–H and O–H groups in total. The van der Waals surface area contributed by atoms with E-state index in [0.717, 1.165) is 46.0 Å². The highest BCUT2D eigenvalue weighted by Gasteiger charge is 2.26. The lowest BCUT2D eigenvalue weighted by Gasteiger charge is -2.25. The van der Waals surface area contributed by atoms with Crippen LogP contribution in [0.25, 0.3) is 10.2 Å². The first-order valence-electron chi connectivity index (χ1n) is 8.95. The quantitative estimate of drug-likeness (QED) is 0.581. The molecule has 0 atom stereocenters. The van der Waals surface area contributed by atoms with Crippen molar-refractivity contribution in [1.29, 1.82) is 0 Å². The van der Waals surface area contributed by atoms with E-state index < -0.39 is 10.0 Å². The first kappa shape index (κ1) is 18.8. The average molecular weight is 421 g/mol. The lowest BCUT2D eigenvalue weighted by atomic mass is 10.2. The van der Waals surface area contributed by atoms with Gasteiger partial charge in [0.05, 0.1) is 0 Å². The van der Waals surface area contributed by atoms with Gasteiger partial charge in [-0.1, -0.05) is 13.3 Å². The van der Waals surface area contributed by atoms with Crippen molar-refractivity contribution in [2.45, 2.75) is 47.6 Å². The molecule has 3 aromatic heterocycles. The maximum absolute atomic E-state index is 12.7. The van der Waals surface area contributed by atoms with E-state index >= 15 is 0 Å². The summed E-state index contributed by atoms with van der Waals surface area (Å²) in [5.74, 6) is 0. The van der Waals surface area contributed by atoms with Gasteiger partial charge >= 0.3 is 0 Å². The van der Waals surface area contributed by atoms with Gasteiger partial charge in [0.25, 0.3) is 0 Å². The molecule has 0 amide bonds. The van der Waals surface area contributed by atoms with Crippen LogP contribution in [-0.4, -0.2) is 40.8 Å². The highest BCUT2D eigenvalue weighted by atomic mass is 32.2. The Morgan fingerprint density at radius 2 is 1.96 bits per heavy atom. The second-order valence-electron chi connectivity index (χ2n) is 6.36. The molecule has 0 saturated carbocycles. The molecule has 4 rings (SSSR count). The van der Waals surface area contributed by atoms with Gasteiger partial charge in [0.2, 0.25) is 10.0 Å². The minimum Gasteiger partial charge on any atom is -0.248 e. The lowest BCUT2D eigenvalue weighted by molar-refractivity contribution is 0.346. The molecule has 0 bridgehead atoms. The molecule has 1 fully saturated rings. The van der Waals surface area contributed by atoms with Crippen LogP contribution in [0.5, 0.6) is 0 Å². The first-order chi connectivity index (χ1) is 13.1. The summed E-state index contributed by atoms with van der Waals surface area (Å²) in [5, 5.41) is 2.59. The van der Waals surface area contributed by atoms with Crippen molar-refractivity contribution >= 4 is 43.3 Å². The molecule has 1 aliphatic rings. The number of piperidine rings is 1. The minimum atomic E-state index is -3.45. The van der Waals surface area contributed by atoms with Gasteiger partial charge in [-0.05, 0) is 49.2 Å². The molecule has 3 aromatic rings. The predicted octanol–water partition coefficient (Wildman–Crippen LogP) is 3.97. The largest absolute Gasteiger partial charge is 0.248 e. The molecule has 142 valence electrons. The topological polar surface area (TPSA) is 76.1 Å². The number of nitrogens with zero attached hydrogens (tertiary/aromatic N) is 4. The molecule has 1 saturated heterocycles. The molecule has 0 unspecified atom stereocenters. The number of sulfonamides is 1. The molecule has 4 heterocycles. The highest BCUT2D eigenvalue weighted by Crippen LogP contribution is 2.34. The monoisotopic (exact) mass is 420 g/mol. The third kappa shape index (κ3) is 3.87. The Morgan fingerprint density at radius 1 is 1.15 bits per heavy atom. The van der Waals surface area contributed by atoms with Gasteiger partial charge in [-0.25, -0.2) is 23.4 Å². The summed E-state index contributed by atoms with van der Waals surface area (Å²) >= 11 is 3.11. The molecule has 9 heteroatoms. The first-order valence-corrected chi connectivity index (χ1v) is 12.0. The number of hydrogen-bond donors (Lipinski definition) is 0. The summed E-state index contributed by atoms with van der Waals surface area (Å²) in [6.07, 6.45) is 6.92. The highest BCUT2D eigenvalue weighted by molar-refractivity contribution is 7.99. The molecule has 0 aliphatic carbocycles. The smallest absolute Gasteiger partial charge is 0.244 e. The Balaban J connectivity index is 1.57. The Labute approximate surface area is 167 Å². The summed E-state index contributed by atoms with van der Waals surface area (Å²) in [5.41, 5.74) is 0.